The van der Waals surface area contributed by atoms with Crippen LogP contribution in [-0.2, 0) is 0 Å². The fourth-order valence-corrected chi connectivity index (χ4v) is 4.13. The van der Waals surface area contributed by atoms with E-state index >= 15 is 0 Å². The molecule has 10 nitrogen and oxygen atoms in total. The summed E-state index contributed by atoms with van der Waals surface area (Å²) in [5, 5.41) is 14.8. The van der Waals surface area contributed by atoms with E-state index in [0.29, 0.717) is 11.4 Å². The van der Waals surface area contributed by atoms with Gasteiger partial charge in [0.25, 0.3) is 0 Å². The van der Waals surface area contributed by atoms with Gasteiger partial charge in [-0.3, -0.25) is 0 Å². The first-order valence-corrected chi connectivity index (χ1v) is 10.5. The molecule has 4 heterocycles. The summed E-state index contributed by atoms with van der Waals surface area (Å²) >= 11 is 7.84. The lowest BCUT2D eigenvalue weighted by atomic mass is 10.0. The maximum atomic E-state index is 12.8. The molecule has 0 fully saturated rings. The largest absolute Gasteiger partial charge is 0.479 e. The molecule has 0 aliphatic rings. The minimum Gasteiger partial charge on any atom is -0.479 e. The maximum Gasteiger partial charge on any atom is 0.323 e. The molecule has 4 aromatic rings. The van der Waals surface area contributed by atoms with Crippen molar-refractivity contribution in [1.82, 2.24) is 29.9 Å². The number of urea groups is 1. The Labute approximate surface area is 186 Å². The number of thiazole rings is 1. The zero-order chi connectivity index (χ0) is 22.1. The fourth-order valence-electron chi connectivity index (χ4n) is 3.13. The number of nitrogens with zero attached hydrogens (tertiary/aromatic N) is 6. The van der Waals surface area contributed by atoms with Crippen molar-refractivity contribution in [2.24, 2.45) is 0 Å². The standard InChI is InChI=1S/C19H19ClN8O2S/c1-9(2)14-13(8-21-18-15(14)24-10(3)31-18)26-19(29)25-12-7-11(20)16(27-17(12)30-4)28-22-5-6-23-28/h5-9H,1-4H3,(H2,25,26,29). The van der Waals surface area contributed by atoms with Crippen LogP contribution < -0.4 is 15.4 Å². The van der Waals surface area contributed by atoms with E-state index in [-0.39, 0.29) is 22.6 Å². The summed E-state index contributed by atoms with van der Waals surface area (Å²) in [6.45, 7) is 6.02. The van der Waals surface area contributed by atoms with Gasteiger partial charge in [0, 0.05) is 5.56 Å². The Bertz CT molecular complexity index is 1260. The molecule has 12 heteroatoms. The van der Waals surface area contributed by atoms with Crippen molar-refractivity contribution < 1.29 is 9.53 Å². The minimum atomic E-state index is -0.490. The Hall–Kier alpha value is -3.31. The van der Waals surface area contributed by atoms with Crippen LogP contribution in [0.1, 0.15) is 30.3 Å². The average Bonchev–Trinajstić information content (AvgIpc) is 3.36. The van der Waals surface area contributed by atoms with Gasteiger partial charge < -0.3 is 15.4 Å². The molecular formula is C19H19ClN8O2S. The lowest BCUT2D eigenvalue weighted by Crippen LogP contribution is -2.21. The van der Waals surface area contributed by atoms with Crippen LogP contribution in [0.2, 0.25) is 5.02 Å². The van der Waals surface area contributed by atoms with E-state index in [1.807, 2.05) is 20.8 Å². The summed E-state index contributed by atoms with van der Waals surface area (Å²) in [6.07, 6.45) is 4.65. The number of nitrogens with one attached hydrogen (secondary N) is 2. The van der Waals surface area contributed by atoms with E-state index in [1.54, 1.807) is 6.20 Å². The lowest BCUT2D eigenvalue weighted by Gasteiger charge is -2.16. The van der Waals surface area contributed by atoms with E-state index < -0.39 is 6.03 Å². The number of fused-ring (bicyclic) bond motifs is 1. The van der Waals surface area contributed by atoms with Crippen molar-refractivity contribution in [1.29, 1.82) is 0 Å². The van der Waals surface area contributed by atoms with E-state index in [1.165, 1.54) is 41.7 Å². The van der Waals surface area contributed by atoms with Crippen LogP contribution >= 0.6 is 22.9 Å². The van der Waals surface area contributed by atoms with E-state index in [9.17, 15) is 4.79 Å². The van der Waals surface area contributed by atoms with Crippen molar-refractivity contribution in [2.75, 3.05) is 17.7 Å². The molecule has 2 amide bonds. The number of hydrogen-bond acceptors (Lipinski definition) is 8. The van der Waals surface area contributed by atoms with Gasteiger partial charge in [0.2, 0.25) is 5.88 Å². The molecule has 0 aliphatic carbocycles. The zero-order valence-electron chi connectivity index (χ0n) is 17.2. The molecule has 0 bridgehead atoms. The minimum absolute atomic E-state index is 0.133. The first-order chi connectivity index (χ1) is 14.9. The monoisotopic (exact) mass is 458 g/mol. The third-order valence-corrected chi connectivity index (χ3v) is 5.53. The molecule has 2 N–H and O–H groups in total. The zero-order valence-corrected chi connectivity index (χ0v) is 18.7. The van der Waals surface area contributed by atoms with Gasteiger partial charge in [-0.1, -0.05) is 36.8 Å². The molecule has 0 spiro atoms. The van der Waals surface area contributed by atoms with Gasteiger partial charge >= 0.3 is 6.03 Å². The SMILES string of the molecule is COc1nc(-n2nccn2)c(Cl)cc1NC(=O)Nc1cnc2sc(C)nc2c1C(C)C. The van der Waals surface area contributed by atoms with Crippen LogP contribution in [0.15, 0.2) is 24.7 Å². The van der Waals surface area contributed by atoms with Crippen LogP contribution in [-0.4, -0.2) is 43.1 Å². The first-order valence-electron chi connectivity index (χ1n) is 9.32. The molecular weight excluding hydrogens is 440 g/mol. The number of aromatic nitrogens is 6. The molecule has 0 aliphatic heterocycles. The van der Waals surface area contributed by atoms with Crippen molar-refractivity contribution in [3.05, 3.63) is 40.3 Å². The smallest absolute Gasteiger partial charge is 0.323 e. The van der Waals surface area contributed by atoms with Crippen LogP contribution in [0.25, 0.3) is 16.2 Å². The number of aryl methyl sites for hydroxylation is 1. The molecule has 31 heavy (non-hydrogen) atoms. The third-order valence-electron chi connectivity index (χ3n) is 4.37. The summed E-state index contributed by atoms with van der Waals surface area (Å²) in [4.78, 5) is 28.2. The van der Waals surface area contributed by atoms with Crippen LogP contribution in [0.5, 0.6) is 5.88 Å². The predicted molar refractivity (Wildman–Crippen MR) is 120 cm³/mol. The van der Waals surface area contributed by atoms with Crippen LogP contribution in [0, 0.1) is 6.92 Å². The average molecular weight is 459 g/mol. The van der Waals surface area contributed by atoms with Gasteiger partial charge in [0.15, 0.2) is 5.82 Å². The predicted octanol–water partition coefficient (Wildman–Crippen LogP) is 4.40. The lowest BCUT2D eigenvalue weighted by molar-refractivity contribution is 0.262. The quantitative estimate of drug-likeness (QED) is 0.454. The molecule has 160 valence electrons. The van der Waals surface area contributed by atoms with Gasteiger partial charge in [-0.2, -0.15) is 15.2 Å². The highest BCUT2D eigenvalue weighted by Crippen LogP contribution is 2.34. The Kier molecular flexibility index (Phi) is 5.70. The fraction of sp³-hybridized carbons (Fsp3) is 0.263. The second-order valence-electron chi connectivity index (χ2n) is 6.88. The van der Waals surface area contributed by atoms with Gasteiger partial charge in [-0.15, -0.1) is 4.80 Å². The van der Waals surface area contributed by atoms with E-state index in [0.717, 1.165) is 20.9 Å². The number of halogens is 1. The highest BCUT2D eigenvalue weighted by Gasteiger charge is 2.19. The molecule has 4 rings (SSSR count). The number of carbonyl (C=O) groups excluding carboxylic acids is 1. The van der Waals surface area contributed by atoms with Crippen LogP contribution in [0.3, 0.4) is 0 Å². The summed E-state index contributed by atoms with van der Waals surface area (Å²) < 4.78 is 5.31. The topological polar surface area (TPSA) is 120 Å². The van der Waals surface area contributed by atoms with E-state index in [4.69, 9.17) is 16.3 Å². The van der Waals surface area contributed by atoms with Crippen molar-refractivity contribution in [3.8, 4) is 11.7 Å². The summed E-state index contributed by atoms with van der Waals surface area (Å²) in [5.41, 5.74) is 2.60. The number of hydrogen-bond donors (Lipinski definition) is 2. The number of anilines is 2. The first kappa shape index (κ1) is 20.9. The Morgan fingerprint density at radius 1 is 1.19 bits per heavy atom. The van der Waals surface area contributed by atoms with Crippen LogP contribution in [0.4, 0.5) is 16.2 Å². The molecule has 0 saturated heterocycles. The summed E-state index contributed by atoms with van der Waals surface area (Å²) in [7, 11) is 1.44. The maximum absolute atomic E-state index is 12.8. The van der Waals surface area contributed by atoms with Gasteiger partial charge in [0.05, 0.1) is 41.4 Å². The number of carbonyl (C=O) groups is 1. The number of rotatable bonds is 5. The molecule has 0 atom stereocenters. The summed E-state index contributed by atoms with van der Waals surface area (Å²) in [5.74, 6) is 0.582. The second-order valence-corrected chi connectivity index (χ2v) is 8.46. The van der Waals surface area contributed by atoms with Crippen molar-refractivity contribution >= 4 is 50.7 Å². The Morgan fingerprint density at radius 2 is 1.90 bits per heavy atom. The Balaban J connectivity index is 1.62. The second kappa shape index (κ2) is 8.44. The molecule has 0 saturated carbocycles. The molecule has 0 radical (unpaired) electrons. The van der Waals surface area contributed by atoms with E-state index in [2.05, 4.69) is 35.8 Å². The molecule has 0 aromatic carbocycles. The van der Waals surface area contributed by atoms with Crippen molar-refractivity contribution in [2.45, 2.75) is 26.7 Å². The highest BCUT2D eigenvalue weighted by atomic mass is 35.5. The number of pyridine rings is 2. The summed E-state index contributed by atoms with van der Waals surface area (Å²) in [6, 6.07) is 1.04. The third kappa shape index (κ3) is 4.14. The number of methoxy groups -OCH3 is 1. The number of ether oxygens (including phenoxy) is 1. The Morgan fingerprint density at radius 3 is 2.58 bits per heavy atom. The molecule has 0 unspecified atom stereocenters. The normalized spacial score (nSPS) is 11.2. The van der Waals surface area contributed by atoms with Crippen molar-refractivity contribution in [3.63, 3.8) is 0 Å². The van der Waals surface area contributed by atoms with Gasteiger partial charge in [-0.25, -0.2) is 14.8 Å². The van der Waals surface area contributed by atoms with Gasteiger partial charge in [0.1, 0.15) is 16.0 Å². The molecule has 4 aromatic heterocycles. The van der Waals surface area contributed by atoms with Gasteiger partial charge in [-0.05, 0) is 18.9 Å². The number of amides is 2. The highest BCUT2D eigenvalue weighted by molar-refractivity contribution is 7.18.